The molecule has 0 saturated carbocycles. The van der Waals surface area contributed by atoms with Crippen LogP contribution in [0.3, 0.4) is 0 Å². The summed E-state index contributed by atoms with van der Waals surface area (Å²) in [5.74, 6) is 0.295. The minimum absolute atomic E-state index is 0.265. The maximum atomic E-state index is 12.9. The summed E-state index contributed by atoms with van der Waals surface area (Å²) in [5, 5.41) is 5.71. The maximum Gasteiger partial charge on any atom is 0.338 e. The largest absolute Gasteiger partial charge is 0.463 e. The van der Waals surface area contributed by atoms with Crippen LogP contribution in [0.15, 0.2) is 60.1 Å². The van der Waals surface area contributed by atoms with Crippen molar-refractivity contribution in [3.63, 3.8) is 0 Å². The van der Waals surface area contributed by atoms with E-state index in [1.807, 2.05) is 30.3 Å². The first-order valence-corrected chi connectivity index (χ1v) is 10.4. The SMILES string of the molecule is CCOC(=O)C1=C(CN2CCN(c3ncccn3)CC2)NC(=O)N[C@H]1c1ccccc1. The zero-order chi connectivity index (χ0) is 21.6. The second-order valence-corrected chi connectivity index (χ2v) is 7.37. The Hall–Kier alpha value is -3.46. The zero-order valence-corrected chi connectivity index (χ0v) is 17.5. The van der Waals surface area contributed by atoms with E-state index in [1.54, 1.807) is 25.4 Å². The van der Waals surface area contributed by atoms with E-state index in [1.165, 1.54) is 0 Å². The molecule has 9 heteroatoms. The van der Waals surface area contributed by atoms with Gasteiger partial charge in [0, 0.05) is 50.8 Å². The summed E-state index contributed by atoms with van der Waals surface area (Å²) in [6.07, 6.45) is 3.47. The van der Waals surface area contributed by atoms with Crippen molar-refractivity contribution in [1.29, 1.82) is 0 Å². The lowest BCUT2D eigenvalue weighted by Gasteiger charge is -2.37. The summed E-state index contributed by atoms with van der Waals surface area (Å²) in [6.45, 7) is 5.54. The summed E-state index contributed by atoms with van der Waals surface area (Å²) in [6, 6.07) is 10.4. The van der Waals surface area contributed by atoms with Gasteiger partial charge in [-0.3, -0.25) is 4.90 Å². The number of piperazine rings is 1. The fourth-order valence-corrected chi connectivity index (χ4v) is 3.87. The van der Waals surface area contributed by atoms with Gasteiger partial charge >= 0.3 is 12.0 Å². The number of aromatic nitrogens is 2. The Labute approximate surface area is 181 Å². The number of carbonyl (C=O) groups excluding carboxylic acids is 2. The van der Waals surface area contributed by atoms with E-state index in [9.17, 15) is 9.59 Å². The van der Waals surface area contributed by atoms with Crippen LogP contribution in [0.5, 0.6) is 0 Å². The number of urea groups is 1. The third-order valence-corrected chi connectivity index (χ3v) is 5.37. The number of amides is 2. The number of nitrogens with zero attached hydrogens (tertiary/aromatic N) is 4. The Kier molecular flexibility index (Phi) is 6.42. The summed E-state index contributed by atoms with van der Waals surface area (Å²) in [7, 11) is 0. The number of carbonyl (C=O) groups is 2. The van der Waals surface area contributed by atoms with Gasteiger partial charge in [0.2, 0.25) is 5.95 Å². The van der Waals surface area contributed by atoms with Crippen molar-refractivity contribution in [3.8, 4) is 0 Å². The van der Waals surface area contributed by atoms with Crippen LogP contribution in [0, 0.1) is 0 Å². The van der Waals surface area contributed by atoms with E-state index in [-0.39, 0.29) is 12.6 Å². The predicted molar refractivity (Wildman–Crippen MR) is 115 cm³/mol. The predicted octanol–water partition coefficient (Wildman–Crippen LogP) is 1.47. The quantitative estimate of drug-likeness (QED) is 0.680. The highest BCUT2D eigenvalue weighted by Gasteiger charge is 2.34. The molecule has 1 saturated heterocycles. The van der Waals surface area contributed by atoms with Gasteiger partial charge < -0.3 is 20.3 Å². The third kappa shape index (κ3) is 4.83. The van der Waals surface area contributed by atoms with Crippen LogP contribution in [-0.2, 0) is 9.53 Å². The lowest BCUT2D eigenvalue weighted by molar-refractivity contribution is -0.139. The lowest BCUT2D eigenvalue weighted by Crippen LogP contribution is -2.52. The Bertz CT molecular complexity index is 942. The summed E-state index contributed by atoms with van der Waals surface area (Å²) in [5.41, 5.74) is 1.87. The molecule has 0 spiro atoms. The maximum absolute atomic E-state index is 12.9. The van der Waals surface area contributed by atoms with Crippen LogP contribution in [0.1, 0.15) is 18.5 Å². The van der Waals surface area contributed by atoms with Gasteiger partial charge in [0.15, 0.2) is 0 Å². The molecule has 9 nitrogen and oxygen atoms in total. The summed E-state index contributed by atoms with van der Waals surface area (Å²) >= 11 is 0. The second kappa shape index (κ2) is 9.57. The van der Waals surface area contributed by atoms with Crippen LogP contribution in [0.25, 0.3) is 0 Å². The smallest absolute Gasteiger partial charge is 0.338 e. The van der Waals surface area contributed by atoms with E-state index < -0.39 is 12.0 Å². The van der Waals surface area contributed by atoms with Crippen molar-refractivity contribution in [2.75, 3.05) is 44.2 Å². The van der Waals surface area contributed by atoms with E-state index in [0.29, 0.717) is 23.8 Å². The van der Waals surface area contributed by atoms with Crippen molar-refractivity contribution in [1.82, 2.24) is 25.5 Å². The normalized spacial score (nSPS) is 19.6. The number of hydrogen-bond acceptors (Lipinski definition) is 7. The van der Waals surface area contributed by atoms with E-state index in [4.69, 9.17) is 4.74 Å². The minimum Gasteiger partial charge on any atom is -0.463 e. The number of benzene rings is 1. The Morgan fingerprint density at radius 2 is 1.81 bits per heavy atom. The molecule has 162 valence electrons. The van der Waals surface area contributed by atoms with Crippen LogP contribution in [0.2, 0.25) is 0 Å². The molecule has 0 radical (unpaired) electrons. The van der Waals surface area contributed by atoms with Gasteiger partial charge in [-0.05, 0) is 18.6 Å². The molecule has 3 heterocycles. The number of hydrogen-bond donors (Lipinski definition) is 2. The molecule has 2 N–H and O–H groups in total. The first-order chi connectivity index (χ1) is 15.2. The average Bonchev–Trinajstić information content (AvgIpc) is 2.80. The van der Waals surface area contributed by atoms with Crippen molar-refractivity contribution in [3.05, 3.63) is 65.6 Å². The van der Waals surface area contributed by atoms with Gasteiger partial charge in [-0.2, -0.15) is 0 Å². The number of anilines is 1. The van der Waals surface area contributed by atoms with Crippen molar-refractivity contribution < 1.29 is 14.3 Å². The molecular formula is C22H26N6O3. The third-order valence-electron chi connectivity index (χ3n) is 5.37. The molecule has 1 fully saturated rings. The fourth-order valence-electron chi connectivity index (χ4n) is 3.87. The highest BCUT2D eigenvalue weighted by molar-refractivity contribution is 5.95. The minimum atomic E-state index is -0.553. The first kappa shape index (κ1) is 20.8. The van der Waals surface area contributed by atoms with Crippen LogP contribution >= 0.6 is 0 Å². The van der Waals surface area contributed by atoms with Crippen LogP contribution in [-0.4, -0.2) is 66.2 Å². The van der Waals surface area contributed by atoms with Crippen molar-refractivity contribution in [2.24, 2.45) is 0 Å². The Morgan fingerprint density at radius 1 is 1.10 bits per heavy atom. The van der Waals surface area contributed by atoms with Gasteiger partial charge in [-0.25, -0.2) is 19.6 Å². The summed E-state index contributed by atoms with van der Waals surface area (Å²) < 4.78 is 5.33. The molecule has 31 heavy (non-hydrogen) atoms. The van der Waals surface area contributed by atoms with E-state index in [0.717, 1.165) is 31.7 Å². The van der Waals surface area contributed by atoms with Gasteiger partial charge in [0.05, 0.1) is 18.2 Å². The van der Waals surface area contributed by atoms with Gasteiger partial charge in [-0.1, -0.05) is 30.3 Å². The van der Waals surface area contributed by atoms with Crippen LogP contribution < -0.4 is 15.5 Å². The van der Waals surface area contributed by atoms with E-state index >= 15 is 0 Å². The highest BCUT2D eigenvalue weighted by Crippen LogP contribution is 2.28. The molecule has 1 aromatic heterocycles. The zero-order valence-electron chi connectivity index (χ0n) is 17.5. The number of ether oxygens (including phenoxy) is 1. The molecule has 0 unspecified atom stereocenters. The topological polar surface area (TPSA) is 99.7 Å². The lowest BCUT2D eigenvalue weighted by atomic mass is 9.95. The van der Waals surface area contributed by atoms with Gasteiger partial charge in [-0.15, -0.1) is 0 Å². The molecule has 0 bridgehead atoms. The fraction of sp³-hybridized carbons (Fsp3) is 0.364. The van der Waals surface area contributed by atoms with Crippen LogP contribution in [0.4, 0.5) is 10.7 Å². The molecule has 4 rings (SSSR count). The monoisotopic (exact) mass is 422 g/mol. The molecule has 2 aliphatic rings. The van der Waals surface area contributed by atoms with Crippen molar-refractivity contribution >= 4 is 17.9 Å². The Morgan fingerprint density at radius 3 is 2.48 bits per heavy atom. The molecule has 0 aliphatic carbocycles. The standard InChI is InChI=1S/C22H26N6O3/c1-2-31-20(29)18-17(25-22(30)26-19(18)16-7-4-3-5-8-16)15-27-11-13-28(14-12-27)21-23-9-6-10-24-21/h3-10,19H,2,11-15H2,1H3,(H2,25,26,30)/t19-/m0/s1. The van der Waals surface area contributed by atoms with Gasteiger partial charge in [0.25, 0.3) is 0 Å². The Balaban J connectivity index is 1.55. The first-order valence-electron chi connectivity index (χ1n) is 10.4. The number of esters is 1. The molecule has 2 aromatic rings. The molecule has 1 atom stereocenters. The molecule has 2 aliphatic heterocycles. The second-order valence-electron chi connectivity index (χ2n) is 7.37. The average molecular weight is 422 g/mol. The summed E-state index contributed by atoms with van der Waals surface area (Å²) in [4.78, 5) is 38.2. The molecule has 1 aromatic carbocycles. The van der Waals surface area contributed by atoms with Gasteiger partial charge in [0.1, 0.15) is 0 Å². The highest BCUT2D eigenvalue weighted by atomic mass is 16.5. The number of nitrogens with one attached hydrogen (secondary N) is 2. The molecular weight excluding hydrogens is 396 g/mol. The number of rotatable bonds is 6. The van der Waals surface area contributed by atoms with Crippen molar-refractivity contribution in [2.45, 2.75) is 13.0 Å². The van der Waals surface area contributed by atoms with E-state index in [2.05, 4.69) is 30.4 Å². The molecule has 2 amide bonds.